The van der Waals surface area contributed by atoms with Crippen LogP contribution in [0, 0.1) is 0 Å². The average molecular weight is 199 g/mol. The molecule has 0 saturated carbocycles. The number of nitrogens with one attached hydrogen (secondary N) is 1. The van der Waals surface area contributed by atoms with Crippen molar-refractivity contribution in [3.63, 3.8) is 0 Å². The van der Waals surface area contributed by atoms with Crippen molar-refractivity contribution in [1.29, 1.82) is 0 Å². The number of carbonyl (C=O) groups excluding carboxylic acids is 1. The summed E-state index contributed by atoms with van der Waals surface area (Å²) in [4.78, 5) is 12.6. The Labute approximate surface area is 87.6 Å². The van der Waals surface area contributed by atoms with Crippen LogP contribution in [0.25, 0.3) is 0 Å². The minimum atomic E-state index is -0.516. The largest absolute Gasteiger partial charge is 0.336 e. The van der Waals surface area contributed by atoms with Crippen LogP contribution >= 0.6 is 0 Å². The van der Waals surface area contributed by atoms with Crippen LogP contribution in [-0.2, 0) is 0 Å². The highest BCUT2D eigenvalue weighted by molar-refractivity contribution is 5.71. The molecular formula is C11H23N2O. The Morgan fingerprint density at radius 1 is 1.00 bits per heavy atom. The molecule has 0 aliphatic rings. The third-order valence-electron chi connectivity index (χ3n) is 2.35. The van der Waals surface area contributed by atoms with Crippen molar-refractivity contribution < 1.29 is 4.79 Å². The summed E-state index contributed by atoms with van der Waals surface area (Å²) in [7, 11) is 0. The number of hydrogen-bond donors (Lipinski definition) is 0. The van der Waals surface area contributed by atoms with Gasteiger partial charge in [-0.25, -0.2) is 10.5 Å². The van der Waals surface area contributed by atoms with Gasteiger partial charge in [0.25, 0.3) is 0 Å². The normalized spacial score (nSPS) is 10.1. The molecule has 0 bridgehead atoms. The highest BCUT2D eigenvalue weighted by Gasteiger charge is 2.08. The standard InChI is InChI=1S/C11H23N2O/c1-3-5-7-9-13(11(12)14)10-8-6-4-2/h12H,3-10H2,1-2H3. The van der Waals surface area contributed by atoms with Gasteiger partial charge in [-0.3, -0.25) is 0 Å². The zero-order chi connectivity index (χ0) is 10.8. The van der Waals surface area contributed by atoms with Crippen molar-refractivity contribution in [2.24, 2.45) is 0 Å². The zero-order valence-electron chi connectivity index (χ0n) is 9.51. The maximum absolute atomic E-state index is 10.9. The monoisotopic (exact) mass is 199 g/mol. The molecule has 0 saturated heterocycles. The van der Waals surface area contributed by atoms with Gasteiger partial charge in [-0.05, 0) is 12.8 Å². The molecule has 0 aromatic carbocycles. The molecule has 0 unspecified atom stereocenters. The number of carbonyl (C=O) groups is 1. The maximum atomic E-state index is 10.9. The van der Waals surface area contributed by atoms with Crippen LogP contribution in [0.2, 0.25) is 0 Å². The first-order valence-corrected chi connectivity index (χ1v) is 5.72. The summed E-state index contributed by atoms with van der Waals surface area (Å²) >= 11 is 0. The van der Waals surface area contributed by atoms with Crippen molar-refractivity contribution in [3.8, 4) is 0 Å². The Balaban J connectivity index is 3.61. The highest BCUT2D eigenvalue weighted by Crippen LogP contribution is 2.02. The molecule has 1 N–H and O–H groups in total. The molecule has 3 heteroatoms. The Bertz CT molecular complexity index is 138. The summed E-state index contributed by atoms with van der Waals surface area (Å²) in [5.74, 6) is 0. The lowest BCUT2D eigenvalue weighted by Gasteiger charge is -2.19. The van der Waals surface area contributed by atoms with Crippen LogP contribution in [0.5, 0.6) is 0 Å². The molecule has 14 heavy (non-hydrogen) atoms. The van der Waals surface area contributed by atoms with E-state index in [-0.39, 0.29) is 0 Å². The van der Waals surface area contributed by atoms with Gasteiger partial charge in [-0.2, -0.15) is 0 Å². The molecule has 0 aromatic rings. The number of hydrogen-bond acceptors (Lipinski definition) is 1. The minimum Gasteiger partial charge on any atom is -0.323 e. The van der Waals surface area contributed by atoms with Gasteiger partial charge in [0.15, 0.2) is 0 Å². The summed E-state index contributed by atoms with van der Waals surface area (Å²) < 4.78 is 0. The molecule has 0 atom stereocenters. The second-order valence-electron chi connectivity index (χ2n) is 3.71. The first-order valence-electron chi connectivity index (χ1n) is 5.72. The Morgan fingerprint density at radius 3 is 1.71 bits per heavy atom. The smallest absolute Gasteiger partial charge is 0.323 e. The van der Waals surface area contributed by atoms with Crippen molar-refractivity contribution in [1.82, 2.24) is 10.6 Å². The van der Waals surface area contributed by atoms with Gasteiger partial charge in [0.05, 0.1) is 0 Å². The van der Waals surface area contributed by atoms with Gasteiger partial charge in [0.1, 0.15) is 0 Å². The lowest BCUT2D eigenvalue weighted by molar-refractivity contribution is 0.203. The van der Waals surface area contributed by atoms with E-state index in [4.69, 9.17) is 5.73 Å². The summed E-state index contributed by atoms with van der Waals surface area (Å²) in [6.45, 7) is 5.81. The lowest BCUT2D eigenvalue weighted by Crippen LogP contribution is -2.32. The van der Waals surface area contributed by atoms with E-state index in [2.05, 4.69) is 13.8 Å². The zero-order valence-corrected chi connectivity index (χ0v) is 9.51. The molecule has 0 aliphatic carbocycles. The van der Waals surface area contributed by atoms with Gasteiger partial charge in [0, 0.05) is 13.1 Å². The quantitative estimate of drug-likeness (QED) is 0.554. The highest BCUT2D eigenvalue weighted by atomic mass is 16.2. The minimum absolute atomic E-state index is 0.516. The van der Waals surface area contributed by atoms with E-state index in [0.29, 0.717) is 0 Å². The van der Waals surface area contributed by atoms with E-state index in [9.17, 15) is 4.79 Å². The van der Waals surface area contributed by atoms with Gasteiger partial charge >= 0.3 is 6.03 Å². The molecule has 3 nitrogen and oxygen atoms in total. The fraction of sp³-hybridized carbons (Fsp3) is 0.909. The molecule has 83 valence electrons. The van der Waals surface area contributed by atoms with Crippen LogP contribution in [0.3, 0.4) is 0 Å². The number of amides is 2. The van der Waals surface area contributed by atoms with Crippen molar-refractivity contribution in [2.75, 3.05) is 13.1 Å². The second-order valence-corrected chi connectivity index (χ2v) is 3.71. The van der Waals surface area contributed by atoms with Crippen LogP contribution < -0.4 is 5.73 Å². The SMILES string of the molecule is CCCCCN(CCCCC)C([NH])=O. The van der Waals surface area contributed by atoms with Crippen molar-refractivity contribution >= 4 is 6.03 Å². The van der Waals surface area contributed by atoms with Gasteiger partial charge in [-0.1, -0.05) is 39.5 Å². The summed E-state index contributed by atoms with van der Waals surface area (Å²) in [6.07, 6.45) is 6.69. The van der Waals surface area contributed by atoms with E-state index in [1.807, 2.05) is 0 Å². The molecule has 0 heterocycles. The number of urea groups is 1. The summed E-state index contributed by atoms with van der Waals surface area (Å²) in [5.41, 5.74) is 7.09. The van der Waals surface area contributed by atoms with Crippen LogP contribution in [0.1, 0.15) is 52.4 Å². The van der Waals surface area contributed by atoms with E-state index >= 15 is 0 Å². The molecule has 2 amide bonds. The second kappa shape index (κ2) is 8.85. The third-order valence-corrected chi connectivity index (χ3v) is 2.35. The maximum Gasteiger partial charge on any atom is 0.336 e. The number of unbranched alkanes of at least 4 members (excludes halogenated alkanes) is 4. The topological polar surface area (TPSA) is 44.1 Å². The van der Waals surface area contributed by atoms with Gasteiger partial charge < -0.3 is 4.90 Å². The Hall–Kier alpha value is -0.730. The summed E-state index contributed by atoms with van der Waals surface area (Å²) in [5, 5.41) is 0. The van der Waals surface area contributed by atoms with E-state index in [0.717, 1.165) is 51.6 Å². The first kappa shape index (κ1) is 13.3. The van der Waals surface area contributed by atoms with E-state index in [1.54, 1.807) is 4.90 Å². The summed E-state index contributed by atoms with van der Waals surface area (Å²) in [6, 6.07) is -0.516. The molecule has 0 aliphatic heterocycles. The average Bonchev–Trinajstić information content (AvgIpc) is 2.15. The van der Waals surface area contributed by atoms with Gasteiger partial charge in [-0.15, -0.1) is 0 Å². The van der Waals surface area contributed by atoms with Crippen LogP contribution in [0.4, 0.5) is 4.79 Å². The molecular weight excluding hydrogens is 176 g/mol. The molecule has 0 rings (SSSR count). The Morgan fingerprint density at radius 2 is 1.43 bits per heavy atom. The van der Waals surface area contributed by atoms with E-state index in [1.165, 1.54) is 0 Å². The van der Waals surface area contributed by atoms with Crippen molar-refractivity contribution in [3.05, 3.63) is 0 Å². The fourth-order valence-corrected chi connectivity index (χ4v) is 1.42. The van der Waals surface area contributed by atoms with Crippen molar-refractivity contribution in [2.45, 2.75) is 52.4 Å². The van der Waals surface area contributed by atoms with Crippen LogP contribution in [0.15, 0.2) is 0 Å². The first-order chi connectivity index (χ1) is 6.72. The number of rotatable bonds is 8. The Kier molecular flexibility index (Phi) is 8.39. The lowest BCUT2D eigenvalue weighted by atomic mass is 10.2. The third kappa shape index (κ3) is 6.75. The molecule has 1 radical (unpaired) electrons. The molecule has 0 spiro atoms. The molecule has 0 aromatic heterocycles. The fourth-order valence-electron chi connectivity index (χ4n) is 1.42. The number of nitrogens with zero attached hydrogens (tertiary/aromatic N) is 1. The molecule has 0 fully saturated rings. The predicted molar refractivity (Wildman–Crippen MR) is 59.1 cm³/mol. The predicted octanol–water partition coefficient (Wildman–Crippen LogP) is 3.07. The van der Waals surface area contributed by atoms with E-state index < -0.39 is 6.03 Å². The van der Waals surface area contributed by atoms with Gasteiger partial charge in [0.2, 0.25) is 0 Å². The van der Waals surface area contributed by atoms with Crippen LogP contribution in [-0.4, -0.2) is 24.0 Å².